The molecule has 0 spiro atoms. The van der Waals surface area contributed by atoms with Crippen molar-refractivity contribution >= 4 is 52.8 Å². The molecule has 0 bridgehead atoms. The number of rotatable bonds is 12. The fourth-order valence-electron chi connectivity index (χ4n) is 4.08. The van der Waals surface area contributed by atoms with Gasteiger partial charge in [0.2, 0.25) is 11.8 Å². The number of carbonyl (C=O) groups excluding carboxylic acids is 4. The number of benzene rings is 4. The van der Waals surface area contributed by atoms with Crippen LogP contribution in [0.15, 0.2) is 108 Å². The predicted molar refractivity (Wildman–Crippen MR) is 175 cm³/mol. The highest BCUT2D eigenvalue weighted by Gasteiger charge is 2.18. The van der Waals surface area contributed by atoms with Gasteiger partial charge in [0.15, 0.2) is 0 Å². The molecular weight excluding hydrogens is 592 g/mol. The number of thioether (sulfide) groups is 1. The van der Waals surface area contributed by atoms with E-state index in [1.54, 1.807) is 104 Å². The van der Waals surface area contributed by atoms with Crippen LogP contribution in [0, 0.1) is 0 Å². The Morgan fingerprint density at radius 3 is 2.04 bits per heavy atom. The maximum atomic E-state index is 13.5. The molecule has 0 aliphatic heterocycles. The van der Waals surface area contributed by atoms with Gasteiger partial charge in [0, 0.05) is 33.0 Å². The lowest BCUT2D eigenvalue weighted by molar-refractivity contribution is -0.115. The highest BCUT2D eigenvalue weighted by Crippen LogP contribution is 2.28. The van der Waals surface area contributed by atoms with Crippen LogP contribution in [0.1, 0.15) is 33.2 Å². The van der Waals surface area contributed by atoms with Crippen LogP contribution in [0.4, 0.5) is 11.4 Å². The normalized spacial score (nSPS) is 11.6. The van der Waals surface area contributed by atoms with E-state index in [1.165, 1.54) is 32.1 Å². The molecule has 0 radical (unpaired) electrons. The third-order valence-electron chi connectivity index (χ3n) is 6.50. The summed E-state index contributed by atoms with van der Waals surface area (Å²) in [5, 5.41) is 7.90. The summed E-state index contributed by atoms with van der Waals surface area (Å²) < 4.78 is 10.8. The van der Waals surface area contributed by atoms with Crippen molar-refractivity contribution in [1.29, 1.82) is 0 Å². The summed E-state index contributed by atoms with van der Waals surface area (Å²) in [4.78, 5) is 51.2. The molecule has 0 aliphatic carbocycles. The Balaban J connectivity index is 1.47. The molecule has 1 unspecified atom stereocenters. The van der Waals surface area contributed by atoms with Crippen molar-refractivity contribution < 1.29 is 28.7 Å². The molecule has 0 aliphatic rings. The van der Waals surface area contributed by atoms with Crippen LogP contribution in [0.3, 0.4) is 0 Å². The molecule has 4 aromatic rings. The lowest BCUT2D eigenvalue weighted by Gasteiger charge is -2.14. The zero-order valence-corrected chi connectivity index (χ0v) is 25.6. The molecule has 0 fully saturated rings. The van der Waals surface area contributed by atoms with Crippen LogP contribution in [0.25, 0.3) is 6.08 Å². The lowest BCUT2D eigenvalue weighted by Crippen LogP contribution is -2.30. The van der Waals surface area contributed by atoms with Crippen molar-refractivity contribution in [1.82, 2.24) is 5.32 Å². The third kappa shape index (κ3) is 8.97. The second-order valence-electron chi connectivity index (χ2n) is 9.66. The average Bonchev–Trinajstić information content (AvgIpc) is 3.05. The number of amides is 4. The van der Waals surface area contributed by atoms with Gasteiger partial charge in [-0.15, -0.1) is 11.8 Å². The van der Waals surface area contributed by atoms with Gasteiger partial charge in [0.05, 0.1) is 19.5 Å². The van der Waals surface area contributed by atoms with E-state index < -0.39 is 23.0 Å². The smallest absolute Gasteiger partial charge is 0.272 e. The Morgan fingerprint density at radius 2 is 1.42 bits per heavy atom. The van der Waals surface area contributed by atoms with Crippen LogP contribution in [0.5, 0.6) is 11.5 Å². The van der Waals surface area contributed by atoms with E-state index in [9.17, 15) is 19.2 Å². The Morgan fingerprint density at radius 1 is 0.778 bits per heavy atom. The Hall–Kier alpha value is -5.55. The summed E-state index contributed by atoms with van der Waals surface area (Å²) in [6, 6.07) is 27.0. The van der Waals surface area contributed by atoms with Gasteiger partial charge >= 0.3 is 0 Å². The summed E-state index contributed by atoms with van der Waals surface area (Å²) in [7, 11) is 3.04. The summed E-state index contributed by atoms with van der Waals surface area (Å²) in [5.41, 5.74) is 7.54. The second kappa shape index (κ2) is 15.3. The molecule has 10 nitrogen and oxygen atoms in total. The van der Waals surface area contributed by atoms with Crippen molar-refractivity contribution in [2.45, 2.75) is 17.1 Å². The van der Waals surface area contributed by atoms with Crippen molar-refractivity contribution in [3.63, 3.8) is 0 Å². The number of hydrogen-bond acceptors (Lipinski definition) is 7. The van der Waals surface area contributed by atoms with E-state index in [0.717, 1.165) is 4.90 Å². The molecule has 0 saturated heterocycles. The van der Waals surface area contributed by atoms with Crippen molar-refractivity contribution in [3.05, 3.63) is 119 Å². The minimum Gasteiger partial charge on any atom is -0.497 e. The van der Waals surface area contributed by atoms with Crippen LogP contribution >= 0.6 is 11.8 Å². The van der Waals surface area contributed by atoms with Crippen molar-refractivity contribution in [2.24, 2.45) is 5.73 Å². The maximum absolute atomic E-state index is 13.5. The molecule has 0 aromatic heterocycles. The van der Waals surface area contributed by atoms with Crippen molar-refractivity contribution in [2.75, 3.05) is 24.9 Å². The highest BCUT2D eigenvalue weighted by molar-refractivity contribution is 8.00. The summed E-state index contributed by atoms with van der Waals surface area (Å²) in [5.74, 6) is -0.745. The largest absolute Gasteiger partial charge is 0.497 e. The molecule has 5 N–H and O–H groups in total. The Kier molecular flexibility index (Phi) is 11.0. The van der Waals surface area contributed by atoms with Gasteiger partial charge in [-0.1, -0.05) is 18.2 Å². The van der Waals surface area contributed by atoms with E-state index in [-0.39, 0.29) is 11.6 Å². The van der Waals surface area contributed by atoms with Gasteiger partial charge in [0.25, 0.3) is 11.8 Å². The molecule has 230 valence electrons. The number of ether oxygens (including phenoxy) is 2. The summed E-state index contributed by atoms with van der Waals surface area (Å²) in [6.45, 7) is 1.77. The zero-order chi connectivity index (χ0) is 32.3. The van der Waals surface area contributed by atoms with Crippen LogP contribution in [0.2, 0.25) is 0 Å². The van der Waals surface area contributed by atoms with Gasteiger partial charge in [-0.2, -0.15) is 0 Å². The number of primary amides is 1. The summed E-state index contributed by atoms with van der Waals surface area (Å²) in [6.07, 6.45) is 1.52. The van der Waals surface area contributed by atoms with Gasteiger partial charge in [-0.3, -0.25) is 19.2 Å². The van der Waals surface area contributed by atoms with Crippen LogP contribution < -0.4 is 31.2 Å². The number of nitrogens with two attached hydrogens (primary N) is 1. The van der Waals surface area contributed by atoms with Crippen LogP contribution in [-0.4, -0.2) is 43.1 Å². The fraction of sp³-hybridized carbons (Fsp3) is 0.118. The average molecular weight is 625 g/mol. The predicted octanol–water partition coefficient (Wildman–Crippen LogP) is 5.33. The SMILES string of the molecule is COc1ccc(OC)c(/C=C(\NC(=O)c2ccccc2)C(=O)Nc2ccc(SC(C)C(=O)Nc3ccc(C(N)=O)cc3)cc2)c1. The first-order chi connectivity index (χ1) is 21.7. The quantitative estimate of drug-likeness (QED) is 0.123. The van der Waals surface area contributed by atoms with Gasteiger partial charge in [-0.25, -0.2) is 0 Å². The number of nitrogens with one attached hydrogen (secondary N) is 3. The second-order valence-corrected chi connectivity index (χ2v) is 11.1. The van der Waals surface area contributed by atoms with E-state index in [1.807, 2.05) is 0 Å². The van der Waals surface area contributed by atoms with E-state index in [0.29, 0.717) is 39.6 Å². The van der Waals surface area contributed by atoms with Gasteiger partial charge in [0.1, 0.15) is 17.2 Å². The first-order valence-corrected chi connectivity index (χ1v) is 14.6. The molecule has 4 amide bonds. The lowest BCUT2D eigenvalue weighted by atomic mass is 10.1. The first-order valence-electron chi connectivity index (χ1n) is 13.8. The monoisotopic (exact) mass is 624 g/mol. The topological polar surface area (TPSA) is 149 Å². The first kappa shape index (κ1) is 32.4. The van der Waals surface area contributed by atoms with Gasteiger partial charge in [-0.05, 0) is 91.9 Å². The number of methoxy groups -OCH3 is 2. The Bertz CT molecular complexity index is 1710. The third-order valence-corrected chi connectivity index (χ3v) is 7.61. The molecule has 1 atom stereocenters. The molecule has 4 aromatic carbocycles. The molecule has 45 heavy (non-hydrogen) atoms. The van der Waals surface area contributed by atoms with E-state index in [4.69, 9.17) is 15.2 Å². The van der Waals surface area contributed by atoms with E-state index >= 15 is 0 Å². The molecule has 11 heteroatoms. The zero-order valence-electron chi connectivity index (χ0n) is 24.8. The minimum absolute atomic E-state index is 0.0111. The number of anilines is 2. The Labute approximate surface area is 265 Å². The van der Waals surface area contributed by atoms with E-state index in [2.05, 4.69) is 16.0 Å². The number of hydrogen-bond donors (Lipinski definition) is 4. The van der Waals surface area contributed by atoms with Crippen molar-refractivity contribution in [3.8, 4) is 11.5 Å². The minimum atomic E-state index is -0.556. The summed E-state index contributed by atoms with van der Waals surface area (Å²) >= 11 is 1.34. The molecule has 0 saturated carbocycles. The standard InChI is InChI=1S/C34H32N4O6S/c1-21(32(40)36-25-11-9-22(10-12-25)31(35)39)45-28-16-13-26(14-17-28)37-34(42)29(38-33(41)23-7-5-4-6-8-23)20-24-19-27(43-2)15-18-30(24)44-3/h4-21H,1-3H3,(H2,35,39)(H,36,40)(H,37,42)(H,38,41)/b29-20-. The fourth-order valence-corrected chi connectivity index (χ4v) is 4.95. The molecule has 4 rings (SSSR count). The van der Waals surface area contributed by atoms with Gasteiger partial charge < -0.3 is 31.2 Å². The molecule has 0 heterocycles. The maximum Gasteiger partial charge on any atom is 0.272 e. The van der Waals surface area contributed by atoms with Crippen LogP contribution in [-0.2, 0) is 9.59 Å². The highest BCUT2D eigenvalue weighted by atomic mass is 32.2. The molecular formula is C34H32N4O6S. The number of carbonyl (C=O) groups is 4.